The molecule has 1 aliphatic rings. The topological polar surface area (TPSA) is 140 Å². The first-order chi connectivity index (χ1) is 18.5. The standard InChI is InChI=1S/C30H43NO7S/c1-6-18(2)12-19(3)13-20(4)27(35)28(36)26-11-9-7-8-10-23(33)15-25(34)24(16-32)29-31-22(17-39-29)14-21(5)30(37)38-26/h6-10,12,14,17,20,23-28,32-36H,11,13,15-16H2,1-5H3/b9-7-,10-8+,18-6-,19-12+,21-14-. The number of hydrogen-bond donors (Lipinski definition) is 5. The predicted octanol–water partition coefficient (Wildman–Crippen LogP) is 3.82. The number of aromatic nitrogens is 1. The summed E-state index contributed by atoms with van der Waals surface area (Å²) in [4.78, 5) is 17.4. The van der Waals surface area contributed by atoms with Gasteiger partial charge in [0.05, 0.1) is 36.5 Å². The number of hydrogen-bond acceptors (Lipinski definition) is 9. The second kappa shape index (κ2) is 16.0. The molecule has 1 aromatic heterocycles. The highest BCUT2D eigenvalue weighted by molar-refractivity contribution is 7.09. The van der Waals surface area contributed by atoms with Crippen molar-refractivity contribution in [3.8, 4) is 0 Å². The SMILES string of the molecule is C/C=C(C)\C=C(/C)CC(C)C(O)C(O)C1C/C=C\C=C\C(O)CC(O)C(CO)c2nc(cs2)/C=C(/C)C(=O)O1. The molecule has 0 fully saturated rings. The molecule has 2 heterocycles. The highest BCUT2D eigenvalue weighted by Gasteiger charge is 2.32. The quantitative estimate of drug-likeness (QED) is 0.250. The van der Waals surface area contributed by atoms with Crippen LogP contribution in [0.25, 0.3) is 6.08 Å². The van der Waals surface area contributed by atoms with E-state index in [1.54, 1.807) is 30.5 Å². The number of thiazole rings is 1. The first-order valence-electron chi connectivity index (χ1n) is 13.3. The Morgan fingerprint density at radius 2 is 1.97 bits per heavy atom. The Morgan fingerprint density at radius 1 is 1.26 bits per heavy atom. The van der Waals surface area contributed by atoms with Gasteiger partial charge in [0, 0.05) is 23.8 Å². The van der Waals surface area contributed by atoms with E-state index in [1.807, 2.05) is 39.8 Å². The van der Waals surface area contributed by atoms with Gasteiger partial charge in [0.2, 0.25) is 0 Å². The number of nitrogens with zero attached hydrogens (tertiary/aromatic N) is 1. The molecule has 2 rings (SSSR count). The maximum atomic E-state index is 13.0. The third-order valence-corrected chi connectivity index (χ3v) is 7.78. The van der Waals surface area contributed by atoms with E-state index in [-0.39, 0.29) is 30.9 Å². The van der Waals surface area contributed by atoms with Crippen molar-refractivity contribution in [2.24, 2.45) is 5.92 Å². The van der Waals surface area contributed by atoms with Crippen LogP contribution in [0.5, 0.6) is 0 Å². The van der Waals surface area contributed by atoms with Gasteiger partial charge >= 0.3 is 5.97 Å². The predicted molar refractivity (Wildman–Crippen MR) is 154 cm³/mol. The summed E-state index contributed by atoms with van der Waals surface area (Å²) in [5.74, 6) is -1.63. The third-order valence-electron chi connectivity index (χ3n) is 6.78. The number of aliphatic hydroxyl groups excluding tert-OH is 5. The van der Waals surface area contributed by atoms with Crippen LogP contribution in [0.1, 0.15) is 70.5 Å². The second-order valence-corrected chi connectivity index (χ2v) is 11.2. The molecule has 2 bridgehead atoms. The van der Waals surface area contributed by atoms with Gasteiger partial charge in [0.25, 0.3) is 0 Å². The molecule has 1 aliphatic heterocycles. The van der Waals surface area contributed by atoms with Crippen LogP contribution in [-0.2, 0) is 9.53 Å². The minimum atomic E-state index is -1.33. The van der Waals surface area contributed by atoms with E-state index in [4.69, 9.17) is 4.74 Å². The van der Waals surface area contributed by atoms with Crippen molar-refractivity contribution in [1.82, 2.24) is 4.98 Å². The van der Waals surface area contributed by atoms with Gasteiger partial charge in [0.1, 0.15) is 17.2 Å². The lowest BCUT2D eigenvalue weighted by atomic mass is 9.89. The van der Waals surface area contributed by atoms with Crippen LogP contribution >= 0.6 is 11.3 Å². The fourth-order valence-electron chi connectivity index (χ4n) is 4.36. The number of carbonyl (C=O) groups is 1. The highest BCUT2D eigenvalue weighted by Crippen LogP contribution is 2.27. The summed E-state index contributed by atoms with van der Waals surface area (Å²) in [7, 11) is 0. The average Bonchev–Trinajstić information content (AvgIpc) is 3.34. The van der Waals surface area contributed by atoms with Crippen LogP contribution in [0.4, 0.5) is 0 Å². The second-order valence-electron chi connectivity index (χ2n) is 10.3. The zero-order valence-corrected chi connectivity index (χ0v) is 24.2. The van der Waals surface area contributed by atoms with Crippen molar-refractivity contribution in [3.63, 3.8) is 0 Å². The van der Waals surface area contributed by atoms with Gasteiger partial charge in [0.15, 0.2) is 0 Å². The molecule has 0 aliphatic carbocycles. The summed E-state index contributed by atoms with van der Waals surface area (Å²) >= 11 is 1.24. The average molecular weight is 562 g/mol. The summed E-state index contributed by atoms with van der Waals surface area (Å²) < 4.78 is 5.67. The van der Waals surface area contributed by atoms with Crippen molar-refractivity contribution >= 4 is 23.4 Å². The first-order valence-corrected chi connectivity index (χ1v) is 14.2. The monoisotopic (exact) mass is 561 g/mol. The molecule has 216 valence electrons. The number of aliphatic hydroxyl groups is 5. The lowest BCUT2D eigenvalue weighted by Crippen LogP contribution is -2.43. The molecule has 5 N–H and O–H groups in total. The molecule has 9 heteroatoms. The first kappa shape index (κ1) is 32.8. The molecule has 7 atom stereocenters. The zero-order valence-electron chi connectivity index (χ0n) is 23.4. The Labute approximate surface area is 235 Å². The molecule has 7 unspecified atom stereocenters. The summed E-state index contributed by atoms with van der Waals surface area (Å²) in [5, 5.41) is 54.9. The smallest absolute Gasteiger partial charge is 0.334 e. The van der Waals surface area contributed by atoms with Gasteiger partial charge in [-0.05, 0) is 46.1 Å². The minimum Gasteiger partial charge on any atom is -0.456 e. The van der Waals surface area contributed by atoms with Crippen LogP contribution in [-0.4, -0.2) is 73.6 Å². The Balaban J connectivity index is 2.32. The van der Waals surface area contributed by atoms with E-state index in [0.717, 1.165) is 11.1 Å². The largest absolute Gasteiger partial charge is 0.456 e. The highest BCUT2D eigenvalue weighted by atomic mass is 32.1. The normalized spacial score (nSPS) is 29.4. The summed E-state index contributed by atoms with van der Waals surface area (Å²) in [6.07, 6.45) is 7.21. The molecule has 0 amide bonds. The van der Waals surface area contributed by atoms with Crippen molar-refractivity contribution < 1.29 is 35.1 Å². The Kier molecular flexibility index (Phi) is 13.5. The Hall–Kier alpha value is -2.40. The lowest BCUT2D eigenvalue weighted by molar-refractivity contribution is -0.156. The molecular formula is C30H43NO7S. The lowest BCUT2D eigenvalue weighted by Gasteiger charge is -2.30. The van der Waals surface area contributed by atoms with Crippen molar-refractivity contribution in [2.75, 3.05) is 6.61 Å². The Morgan fingerprint density at radius 3 is 2.64 bits per heavy atom. The van der Waals surface area contributed by atoms with Crippen LogP contribution in [0.15, 0.2) is 58.6 Å². The van der Waals surface area contributed by atoms with E-state index in [0.29, 0.717) is 17.1 Å². The fraction of sp³-hybridized carbons (Fsp3) is 0.533. The molecule has 0 saturated heterocycles. The van der Waals surface area contributed by atoms with Crippen LogP contribution in [0.3, 0.4) is 0 Å². The minimum absolute atomic E-state index is 0.00774. The summed E-state index contributed by atoms with van der Waals surface area (Å²) in [6.45, 7) is 8.99. The van der Waals surface area contributed by atoms with E-state index < -0.39 is 42.4 Å². The third kappa shape index (κ3) is 10.3. The number of fused-ring (bicyclic) bond motifs is 2. The van der Waals surface area contributed by atoms with Crippen molar-refractivity contribution in [1.29, 1.82) is 0 Å². The fourth-order valence-corrected chi connectivity index (χ4v) is 5.29. The number of cyclic esters (lactones) is 1. The molecular weight excluding hydrogens is 518 g/mol. The van der Waals surface area contributed by atoms with E-state index in [2.05, 4.69) is 4.98 Å². The molecule has 0 saturated carbocycles. The maximum Gasteiger partial charge on any atom is 0.334 e. The molecule has 0 spiro atoms. The van der Waals surface area contributed by atoms with Crippen molar-refractivity contribution in [2.45, 2.75) is 90.3 Å². The van der Waals surface area contributed by atoms with Gasteiger partial charge in [-0.1, -0.05) is 54.5 Å². The molecule has 1 aromatic rings. The maximum absolute atomic E-state index is 13.0. The molecule has 39 heavy (non-hydrogen) atoms. The molecule has 0 aromatic carbocycles. The van der Waals surface area contributed by atoms with E-state index >= 15 is 0 Å². The number of rotatable bonds is 7. The number of carbonyl (C=O) groups excluding carboxylic acids is 1. The van der Waals surface area contributed by atoms with Crippen molar-refractivity contribution in [3.05, 3.63) is 69.3 Å². The zero-order chi connectivity index (χ0) is 29.1. The van der Waals surface area contributed by atoms with Crippen LogP contribution in [0.2, 0.25) is 0 Å². The number of allylic oxidation sites excluding steroid dienone is 6. The van der Waals surface area contributed by atoms with E-state index in [1.165, 1.54) is 23.5 Å². The van der Waals surface area contributed by atoms with Gasteiger partial charge in [-0.15, -0.1) is 11.3 Å². The molecule has 0 radical (unpaired) electrons. The van der Waals surface area contributed by atoms with Crippen LogP contribution < -0.4 is 0 Å². The van der Waals surface area contributed by atoms with E-state index in [9.17, 15) is 30.3 Å². The summed E-state index contributed by atoms with van der Waals surface area (Å²) in [6, 6.07) is 0. The van der Waals surface area contributed by atoms with Gasteiger partial charge in [-0.3, -0.25) is 0 Å². The Bertz CT molecular complexity index is 1090. The molecule has 8 nitrogen and oxygen atoms in total. The summed E-state index contributed by atoms with van der Waals surface area (Å²) in [5.41, 5.74) is 2.88. The van der Waals surface area contributed by atoms with Crippen LogP contribution in [0, 0.1) is 5.92 Å². The van der Waals surface area contributed by atoms with Gasteiger partial charge in [-0.2, -0.15) is 0 Å². The van der Waals surface area contributed by atoms with Gasteiger partial charge in [-0.25, -0.2) is 9.78 Å². The number of esters is 1. The van der Waals surface area contributed by atoms with Gasteiger partial charge < -0.3 is 30.3 Å². The number of ether oxygens (including phenoxy) is 1.